The number of carbonyl (C=O) groups excluding carboxylic acids is 2. The lowest BCUT2D eigenvalue weighted by Crippen LogP contribution is -2.49. The first kappa shape index (κ1) is 23.5. The maximum atomic E-state index is 13.2. The van der Waals surface area contributed by atoms with E-state index in [0.29, 0.717) is 35.9 Å². The number of benzene rings is 1. The van der Waals surface area contributed by atoms with Crippen molar-refractivity contribution in [3.05, 3.63) is 48.8 Å². The second-order valence-electron chi connectivity index (χ2n) is 7.91. The van der Waals surface area contributed by atoms with Gasteiger partial charge in [0.2, 0.25) is 21.8 Å². The molecule has 0 aliphatic carbocycles. The van der Waals surface area contributed by atoms with E-state index in [1.54, 1.807) is 54.1 Å². The van der Waals surface area contributed by atoms with Gasteiger partial charge in [-0.05, 0) is 49.2 Å². The Labute approximate surface area is 197 Å². The molecule has 2 saturated heterocycles. The molecule has 176 valence electrons. The third kappa shape index (κ3) is 5.15. The Kier molecular flexibility index (Phi) is 7.20. The predicted octanol–water partition coefficient (Wildman–Crippen LogP) is 2.03. The molecule has 11 heteroatoms. The quantitative estimate of drug-likeness (QED) is 0.660. The molecule has 2 aromatic rings. The molecule has 2 fully saturated rings. The van der Waals surface area contributed by atoms with Crippen LogP contribution in [0.2, 0.25) is 0 Å². The van der Waals surface area contributed by atoms with Crippen LogP contribution >= 0.6 is 11.8 Å². The van der Waals surface area contributed by atoms with Crippen LogP contribution < -0.4 is 10.1 Å². The number of thioether (sulfide) groups is 1. The van der Waals surface area contributed by atoms with Gasteiger partial charge >= 0.3 is 0 Å². The molecule has 0 radical (unpaired) electrons. The molecule has 0 saturated carbocycles. The van der Waals surface area contributed by atoms with Crippen LogP contribution in [-0.2, 0) is 19.6 Å². The number of methoxy groups -OCH3 is 1. The highest BCUT2D eigenvalue weighted by atomic mass is 32.2. The molecule has 9 nitrogen and oxygen atoms in total. The third-order valence-electron chi connectivity index (χ3n) is 5.90. The van der Waals surface area contributed by atoms with Gasteiger partial charge in [-0.1, -0.05) is 0 Å². The molecule has 33 heavy (non-hydrogen) atoms. The molecule has 0 bridgehead atoms. The average molecular weight is 491 g/mol. The molecule has 1 atom stereocenters. The van der Waals surface area contributed by atoms with Gasteiger partial charge in [-0.15, -0.1) is 11.8 Å². The number of piperidine rings is 1. The van der Waals surface area contributed by atoms with Crippen molar-refractivity contribution in [3.63, 3.8) is 0 Å². The Morgan fingerprint density at radius 1 is 1.15 bits per heavy atom. The molecule has 1 aromatic heterocycles. The van der Waals surface area contributed by atoms with Gasteiger partial charge in [0.25, 0.3) is 0 Å². The van der Waals surface area contributed by atoms with Gasteiger partial charge in [-0.25, -0.2) is 8.42 Å². The van der Waals surface area contributed by atoms with Crippen molar-refractivity contribution in [2.45, 2.75) is 23.8 Å². The minimum absolute atomic E-state index is 0.0895. The smallest absolute Gasteiger partial charge is 0.248 e. The van der Waals surface area contributed by atoms with Gasteiger partial charge in [-0.3, -0.25) is 14.6 Å². The zero-order chi connectivity index (χ0) is 23.4. The van der Waals surface area contributed by atoms with E-state index in [1.807, 2.05) is 0 Å². The minimum Gasteiger partial charge on any atom is -0.497 e. The van der Waals surface area contributed by atoms with Gasteiger partial charge in [-0.2, -0.15) is 4.31 Å². The Balaban J connectivity index is 1.36. The van der Waals surface area contributed by atoms with Crippen LogP contribution in [0.5, 0.6) is 5.75 Å². The summed E-state index contributed by atoms with van der Waals surface area (Å²) in [6, 6.07) is 9.58. The molecular formula is C22H26N4O5S2. The monoisotopic (exact) mass is 490 g/mol. The second-order valence-corrected chi connectivity index (χ2v) is 10.8. The van der Waals surface area contributed by atoms with Crippen LogP contribution in [0.15, 0.2) is 53.7 Å². The predicted molar refractivity (Wildman–Crippen MR) is 125 cm³/mol. The number of rotatable bonds is 6. The molecular weight excluding hydrogens is 464 g/mol. The number of pyridine rings is 1. The van der Waals surface area contributed by atoms with Gasteiger partial charge in [0, 0.05) is 42.8 Å². The molecule has 2 aliphatic heterocycles. The fraction of sp³-hybridized carbons (Fsp3) is 0.409. The van der Waals surface area contributed by atoms with Gasteiger partial charge in [0.15, 0.2) is 0 Å². The number of aromatic nitrogens is 1. The van der Waals surface area contributed by atoms with Crippen LogP contribution in [0.4, 0.5) is 5.69 Å². The summed E-state index contributed by atoms with van der Waals surface area (Å²) in [6.45, 7) is 0.522. The van der Waals surface area contributed by atoms with Crippen molar-refractivity contribution >= 4 is 39.3 Å². The second kappa shape index (κ2) is 10.1. The summed E-state index contributed by atoms with van der Waals surface area (Å²) >= 11 is 1.54. The zero-order valence-corrected chi connectivity index (χ0v) is 19.8. The first-order valence-corrected chi connectivity index (χ1v) is 13.2. The van der Waals surface area contributed by atoms with E-state index in [2.05, 4.69) is 10.3 Å². The molecule has 3 heterocycles. The molecule has 1 N–H and O–H groups in total. The number of amides is 2. The average Bonchev–Trinajstić information content (AvgIpc) is 3.35. The highest BCUT2D eigenvalue weighted by molar-refractivity contribution is 7.99. The first-order valence-electron chi connectivity index (χ1n) is 10.6. The maximum absolute atomic E-state index is 13.2. The largest absolute Gasteiger partial charge is 0.497 e. The van der Waals surface area contributed by atoms with E-state index in [4.69, 9.17) is 4.74 Å². The summed E-state index contributed by atoms with van der Waals surface area (Å²) in [7, 11) is -2.05. The summed E-state index contributed by atoms with van der Waals surface area (Å²) in [4.78, 5) is 31.7. The Bertz CT molecular complexity index is 1090. The summed E-state index contributed by atoms with van der Waals surface area (Å²) in [5.74, 6) is 1.05. The van der Waals surface area contributed by atoms with Crippen molar-refractivity contribution in [2.75, 3.05) is 37.1 Å². The van der Waals surface area contributed by atoms with Crippen LogP contribution in [0.25, 0.3) is 0 Å². The van der Waals surface area contributed by atoms with Crippen molar-refractivity contribution < 1.29 is 22.7 Å². The highest BCUT2D eigenvalue weighted by Crippen LogP contribution is 2.29. The molecule has 2 amide bonds. The van der Waals surface area contributed by atoms with Gasteiger partial charge in [0.05, 0.1) is 13.0 Å². The lowest BCUT2D eigenvalue weighted by Gasteiger charge is -2.33. The number of anilines is 1. The summed E-state index contributed by atoms with van der Waals surface area (Å²) in [5.41, 5.74) is 0.638. The number of carbonyl (C=O) groups is 2. The fourth-order valence-electron chi connectivity index (χ4n) is 4.00. The van der Waals surface area contributed by atoms with Crippen molar-refractivity contribution in [2.24, 2.45) is 5.92 Å². The van der Waals surface area contributed by atoms with Crippen LogP contribution in [0.3, 0.4) is 0 Å². The number of ether oxygens (including phenoxy) is 1. The van der Waals surface area contributed by atoms with Gasteiger partial charge < -0.3 is 15.0 Å². The Morgan fingerprint density at radius 2 is 1.88 bits per heavy atom. The summed E-state index contributed by atoms with van der Waals surface area (Å²) in [5, 5.41) is 2.87. The standard InChI is InChI=1S/C22H26N4O5S2/c1-31-18-6-4-17(5-7-18)24-21(27)20-14-32-15-26(20)22(28)16-8-11-25(12-9-16)33(29,30)19-3-2-10-23-13-19/h2-7,10,13,16,20H,8-9,11-12,14-15H2,1H3,(H,24,27). The molecule has 1 aromatic carbocycles. The summed E-state index contributed by atoms with van der Waals surface area (Å²) < 4.78 is 32.1. The summed E-state index contributed by atoms with van der Waals surface area (Å²) in [6.07, 6.45) is 3.71. The Hall–Kier alpha value is -2.63. The van der Waals surface area contributed by atoms with Gasteiger partial charge in [0.1, 0.15) is 16.7 Å². The topological polar surface area (TPSA) is 109 Å². The van der Waals surface area contributed by atoms with E-state index >= 15 is 0 Å². The van der Waals surface area contributed by atoms with Crippen molar-refractivity contribution in [3.8, 4) is 5.75 Å². The lowest BCUT2D eigenvalue weighted by molar-refractivity contribution is -0.140. The number of nitrogens with one attached hydrogen (secondary N) is 1. The van der Waals surface area contributed by atoms with Crippen molar-refractivity contribution in [1.82, 2.24) is 14.2 Å². The van der Waals surface area contributed by atoms with Crippen molar-refractivity contribution in [1.29, 1.82) is 0 Å². The Morgan fingerprint density at radius 3 is 2.52 bits per heavy atom. The molecule has 0 spiro atoms. The number of sulfonamides is 1. The third-order valence-corrected chi connectivity index (χ3v) is 8.80. The lowest BCUT2D eigenvalue weighted by atomic mass is 9.96. The first-order chi connectivity index (χ1) is 15.9. The normalized spacial score (nSPS) is 19.9. The zero-order valence-electron chi connectivity index (χ0n) is 18.2. The van der Waals surface area contributed by atoms with E-state index in [0.717, 1.165) is 0 Å². The van der Waals surface area contributed by atoms with Crippen LogP contribution in [-0.4, -0.2) is 72.3 Å². The van der Waals surface area contributed by atoms with Crippen LogP contribution in [0.1, 0.15) is 12.8 Å². The number of hydrogen-bond donors (Lipinski definition) is 1. The molecule has 1 unspecified atom stereocenters. The maximum Gasteiger partial charge on any atom is 0.248 e. The fourth-order valence-corrected chi connectivity index (χ4v) is 6.60. The molecule has 4 rings (SSSR count). The number of hydrogen-bond acceptors (Lipinski definition) is 7. The molecule has 2 aliphatic rings. The SMILES string of the molecule is COc1ccc(NC(=O)C2CSCN2C(=O)C2CCN(S(=O)(=O)c3cccnc3)CC2)cc1. The van der Waals surface area contributed by atoms with E-state index < -0.39 is 16.1 Å². The minimum atomic E-state index is -3.63. The van der Waals surface area contributed by atoms with E-state index in [1.165, 1.54) is 22.8 Å². The number of nitrogens with zero attached hydrogens (tertiary/aromatic N) is 3. The van der Waals surface area contributed by atoms with Crippen LogP contribution in [0, 0.1) is 5.92 Å². The van der Waals surface area contributed by atoms with E-state index in [9.17, 15) is 18.0 Å². The highest BCUT2D eigenvalue weighted by Gasteiger charge is 2.40. The van der Waals surface area contributed by atoms with E-state index in [-0.39, 0.29) is 35.7 Å².